The van der Waals surface area contributed by atoms with E-state index in [-0.39, 0.29) is 11.9 Å². The molecule has 0 heterocycles. The largest absolute Gasteiger partial charge is 0.313 e. The minimum atomic E-state index is -0.181. The molecule has 0 aliphatic heterocycles. The van der Waals surface area contributed by atoms with Gasteiger partial charge in [0.2, 0.25) is 0 Å². The standard InChI is InChI=1S/C15H14BrFIN/c1-19-14(9-10-5-7-11(18)8-6-10)15-12(16)3-2-4-13(15)17/h2-8,14,19H,9H2,1H3. The highest BCUT2D eigenvalue weighted by Crippen LogP contribution is 2.28. The van der Waals surface area contributed by atoms with Crippen LogP contribution < -0.4 is 5.32 Å². The van der Waals surface area contributed by atoms with Crippen molar-refractivity contribution < 1.29 is 4.39 Å². The SMILES string of the molecule is CNC(Cc1ccc(I)cc1)c1c(F)cccc1Br. The van der Waals surface area contributed by atoms with Crippen molar-refractivity contribution in [2.24, 2.45) is 0 Å². The molecule has 0 aliphatic rings. The van der Waals surface area contributed by atoms with Crippen molar-refractivity contribution in [3.8, 4) is 0 Å². The topological polar surface area (TPSA) is 12.0 Å². The van der Waals surface area contributed by atoms with Crippen molar-refractivity contribution in [3.05, 3.63) is 67.5 Å². The zero-order chi connectivity index (χ0) is 13.8. The fourth-order valence-electron chi connectivity index (χ4n) is 2.05. The summed E-state index contributed by atoms with van der Waals surface area (Å²) in [5.41, 5.74) is 1.87. The van der Waals surface area contributed by atoms with E-state index in [1.807, 2.05) is 13.1 Å². The minimum Gasteiger partial charge on any atom is -0.313 e. The zero-order valence-electron chi connectivity index (χ0n) is 10.5. The second-order valence-electron chi connectivity index (χ2n) is 4.31. The summed E-state index contributed by atoms with van der Waals surface area (Å²) in [7, 11) is 1.86. The monoisotopic (exact) mass is 433 g/mol. The molecule has 2 aromatic carbocycles. The van der Waals surface area contributed by atoms with Gasteiger partial charge in [-0.2, -0.15) is 0 Å². The van der Waals surface area contributed by atoms with Crippen LogP contribution in [-0.2, 0) is 6.42 Å². The van der Waals surface area contributed by atoms with Crippen LogP contribution >= 0.6 is 38.5 Å². The molecule has 0 aromatic heterocycles. The van der Waals surface area contributed by atoms with Crippen molar-refractivity contribution in [2.75, 3.05) is 7.05 Å². The fourth-order valence-corrected chi connectivity index (χ4v) is 3.03. The Morgan fingerprint density at radius 3 is 2.47 bits per heavy atom. The lowest BCUT2D eigenvalue weighted by Gasteiger charge is -2.19. The van der Waals surface area contributed by atoms with Crippen LogP contribution in [0.3, 0.4) is 0 Å². The Kier molecular flexibility index (Phi) is 5.36. The van der Waals surface area contributed by atoms with Gasteiger partial charge in [0.1, 0.15) is 5.82 Å². The van der Waals surface area contributed by atoms with Crippen molar-refractivity contribution in [2.45, 2.75) is 12.5 Å². The van der Waals surface area contributed by atoms with Crippen molar-refractivity contribution >= 4 is 38.5 Å². The number of hydrogen-bond donors (Lipinski definition) is 1. The summed E-state index contributed by atoms with van der Waals surface area (Å²) in [5.74, 6) is -0.181. The van der Waals surface area contributed by atoms with Gasteiger partial charge in [-0.15, -0.1) is 0 Å². The number of hydrogen-bond acceptors (Lipinski definition) is 1. The van der Waals surface area contributed by atoms with Crippen LogP contribution in [0.5, 0.6) is 0 Å². The molecule has 0 fully saturated rings. The van der Waals surface area contributed by atoms with Crippen LogP contribution in [0.15, 0.2) is 46.9 Å². The molecule has 0 amide bonds. The second-order valence-corrected chi connectivity index (χ2v) is 6.41. The van der Waals surface area contributed by atoms with Crippen LogP contribution in [0.2, 0.25) is 0 Å². The summed E-state index contributed by atoms with van der Waals surface area (Å²) in [6.45, 7) is 0. The van der Waals surface area contributed by atoms with Gasteiger partial charge in [-0.1, -0.05) is 34.1 Å². The summed E-state index contributed by atoms with van der Waals surface area (Å²) < 4.78 is 16.0. The van der Waals surface area contributed by atoms with Gasteiger partial charge in [0, 0.05) is 19.6 Å². The molecule has 0 spiro atoms. The first-order valence-electron chi connectivity index (χ1n) is 5.97. The van der Waals surface area contributed by atoms with Crippen molar-refractivity contribution in [3.63, 3.8) is 0 Å². The highest BCUT2D eigenvalue weighted by atomic mass is 127. The molecular weight excluding hydrogens is 420 g/mol. The Hall–Kier alpha value is -0.460. The van der Waals surface area contributed by atoms with Crippen LogP contribution in [0.4, 0.5) is 4.39 Å². The van der Waals surface area contributed by atoms with Gasteiger partial charge < -0.3 is 5.32 Å². The van der Waals surface area contributed by atoms with E-state index < -0.39 is 0 Å². The highest BCUT2D eigenvalue weighted by molar-refractivity contribution is 14.1. The number of likely N-dealkylation sites (N-methyl/N-ethyl adjacent to an activating group) is 1. The van der Waals surface area contributed by atoms with Gasteiger partial charge in [0.15, 0.2) is 0 Å². The van der Waals surface area contributed by atoms with Crippen LogP contribution in [0, 0.1) is 9.39 Å². The molecule has 100 valence electrons. The number of halogens is 3. The first kappa shape index (κ1) is 14.9. The van der Waals surface area contributed by atoms with Crippen LogP contribution in [0.1, 0.15) is 17.2 Å². The lowest BCUT2D eigenvalue weighted by Crippen LogP contribution is -2.20. The third-order valence-corrected chi connectivity index (χ3v) is 4.46. The van der Waals surface area contributed by atoms with Gasteiger partial charge in [0.05, 0.1) is 0 Å². The molecule has 0 aliphatic carbocycles. The predicted octanol–water partition coefficient (Wildman–Crippen LogP) is 4.70. The van der Waals surface area contributed by atoms with E-state index in [0.29, 0.717) is 5.56 Å². The summed E-state index contributed by atoms with van der Waals surface area (Å²) in [4.78, 5) is 0. The quantitative estimate of drug-likeness (QED) is 0.689. The van der Waals surface area contributed by atoms with Crippen LogP contribution in [-0.4, -0.2) is 7.05 Å². The number of rotatable bonds is 4. The van der Waals surface area contributed by atoms with Gasteiger partial charge in [-0.3, -0.25) is 0 Å². The zero-order valence-corrected chi connectivity index (χ0v) is 14.2. The summed E-state index contributed by atoms with van der Waals surface area (Å²) in [5, 5.41) is 3.19. The molecule has 1 nitrogen and oxygen atoms in total. The fraction of sp³-hybridized carbons (Fsp3) is 0.200. The molecule has 2 rings (SSSR count). The second kappa shape index (κ2) is 6.81. The Bertz CT molecular complexity index is 536. The average Bonchev–Trinajstić information content (AvgIpc) is 2.39. The molecule has 1 atom stereocenters. The normalized spacial score (nSPS) is 12.4. The molecule has 0 radical (unpaired) electrons. The van der Waals surface area contributed by atoms with E-state index in [1.165, 1.54) is 15.2 Å². The van der Waals surface area contributed by atoms with Crippen molar-refractivity contribution in [1.29, 1.82) is 0 Å². The van der Waals surface area contributed by atoms with E-state index in [2.05, 4.69) is 68.1 Å². The molecular formula is C15H14BrFIN. The Balaban J connectivity index is 2.27. The molecule has 0 saturated heterocycles. The maximum atomic E-state index is 14.0. The Morgan fingerprint density at radius 1 is 1.21 bits per heavy atom. The third-order valence-electron chi connectivity index (χ3n) is 3.05. The Labute approximate surface area is 134 Å². The maximum absolute atomic E-state index is 14.0. The van der Waals surface area contributed by atoms with Gasteiger partial charge in [-0.05, 0) is 65.9 Å². The maximum Gasteiger partial charge on any atom is 0.129 e. The summed E-state index contributed by atoms with van der Waals surface area (Å²) >= 11 is 5.71. The molecule has 1 N–H and O–H groups in total. The molecule has 19 heavy (non-hydrogen) atoms. The molecule has 2 aromatic rings. The van der Waals surface area contributed by atoms with Gasteiger partial charge in [0.25, 0.3) is 0 Å². The number of benzene rings is 2. The van der Waals surface area contributed by atoms with Gasteiger partial charge >= 0.3 is 0 Å². The summed E-state index contributed by atoms with van der Waals surface area (Å²) in [6, 6.07) is 13.3. The third kappa shape index (κ3) is 3.77. The first-order valence-corrected chi connectivity index (χ1v) is 7.84. The Morgan fingerprint density at radius 2 is 1.89 bits per heavy atom. The molecule has 4 heteroatoms. The van der Waals surface area contributed by atoms with E-state index in [0.717, 1.165) is 10.9 Å². The average molecular weight is 434 g/mol. The molecule has 0 saturated carbocycles. The van der Waals surface area contributed by atoms with E-state index in [4.69, 9.17) is 0 Å². The first-order chi connectivity index (χ1) is 9.11. The molecule has 1 unspecified atom stereocenters. The predicted molar refractivity (Wildman–Crippen MR) is 88.8 cm³/mol. The molecule has 0 bridgehead atoms. The van der Waals surface area contributed by atoms with E-state index in [1.54, 1.807) is 6.07 Å². The minimum absolute atomic E-state index is 0.0457. The van der Waals surface area contributed by atoms with Crippen molar-refractivity contribution in [1.82, 2.24) is 5.32 Å². The number of nitrogens with one attached hydrogen (secondary N) is 1. The van der Waals surface area contributed by atoms with E-state index >= 15 is 0 Å². The lowest BCUT2D eigenvalue weighted by molar-refractivity contribution is 0.531. The highest BCUT2D eigenvalue weighted by Gasteiger charge is 2.17. The lowest BCUT2D eigenvalue weighted by atomic mass is 9.98. The van der Waals surface area contributed by atoms with E-state index in [9.17, 15) is 4.39 Å². The van der Waals surface area contributed by atoms with Gasteiger partial charge in [-0.25, -0.2) is 4.39 Å². The van der Waals surface area contributed by atoms with Crippen LogP contribution in [0.25, 0.3) is 0 Å². The summed E-state index contributed by atoms with van der Waals surface area (Å²) in [6.07, 6.45) is 0.757. The smallest absolute Gasteiger partial charge is 0.129 e.